The van der Waals surface area contributed by atoms with E-state index in [0.29, 0.717) is 6.54 Å². The molecule has 0 atom stereocenters. The molecule has 1 aliphatic carbocycles. The van der Waals surface area contributed by atoms with E-state index in [2.05, 4.69) is 31.8 Å². The van der Waals surface area contributed by atoms with Gasteiger partial charge in [0.05, 0.1) is 12.2 Å². The van der Waals surface area contributed by atoms with E-state index in [1.165, 1.54) is 42.5 Å². The van der Waals surface area contributed by atoms with Gasteiger partial charge in [0.1, 0.15) is 0 Å². The molecule has 3 N–H and O–H groups in total. The van der Waals surface area contributed by atoms with E-state index in [1.54, 1.807) is 0 Å². The van der Waals surface area contributed by atoms with Crippen LogP contribution < -0.4 is 10.6 Å². The Morgan fingerprint density at radius 1 is 1.12 bits per heavy atom. The van der Waals surface area contributed by atoms with Gasteiger partial charge in [-0.15, -0.1) is 0 Å². The van der Waals surface area contributed by atoms with Crippen LogP contribution in [0.2, 0.25) is 0 Å². The van der Waals surface area contributed by atoms with Crippen molar-refractivity contribution in [1.29, 1.82) is 0 Å². The molecule has 138 valence electrons. The lowest BCUT2D eigenvalue weighted by Crippen LogP contribution is -2.31. The summed E-state index contributed by atoms with van der Waals surface area (Å²) in [6, 6.07) is 7.91. The third kappa shape index (κ3) is 3.90. The maximum atomic E-state index is 12.4. The van der Waals surface area contributed by atoms with Crippen molar-refractivity contribution >= 4 is 11.7 Å². The van der Waals surface area contributed by atoms with Gasteiger partial charge in [-0.2, -0.15) is 5.10 Å². The zero-order chi connectivity index (χ0) is 17.8. The Hall–Kier alpha value is -2.34. The number of aromatic nitrogens is 2. The standard InChI is InChI=1S/C20H27N5O/c26-20(21-13-19-16-8-6-10-18(16)23-24-19)22-17-9-3-2-7-15(17)14-25-11-4-1-5-12-25/h2-3,7,9H,1,4-6,8,10-14H2,(H,23,24)(H2,21,22,26). The smallest absolute Gasteiger partial charge is 0.319 e. The average Bonchev–Trinajstić information content (AvgIpc) is 3.27. The second kappa shape index (κ2) is 7.91. The summed E-state index contributed by atoms with van der Waals surface area (Å²) in [6.07, 6.45) is 7.16. The molecule has 4 rings (SSSR count). The predicted molar refractivity (Wildman–Crippen MR) is 102 cm³/mol. The van der Waals surface area contributed by atoms with Crippen LogP contribution in [-0.2, 0) is 25.9 Å². The molecule has 0 bridgehead atoms. The molecule has 1 aromatic heterocycles. The fourth-order valence-electron chi connectivity index (χ4n) is 4.00. The summed E-state index contributed by atoms with van der Waals surface area (Å²) in [6.45, 7) is 3.64. The molecule has 6 heteroatoms. The molecule has 0 spiro atoms. The normalized spacial score (nSPS) is 17.1. The second-order valence-electron chi connectivity index (χ2n) is 7.28. The highest BCUT2D eigenvalue weighted by atomic mass is 16.2. The van der Waals surface area contributed by atoms with E-state index in [0.717, 1.165) is 43.9 Å². The van der Waals surface area contributed by atoms with Crippen LogP contribution in [0.1, 0.15) is 48.2 Å². The number of H-pyrrole nitrogens is 1. The van der Waals surface area contributed by atoms with E-state index in [-0.39, 0.29) is 6.03 Å². The molecular formula is C20H27N5O. The van der Waals surface area contributed by atoms with Crippen LogP contribution in [0, 0.1) is 0 Å². The van der Waals surface area contributed by atoms with Gasteiger partial charge in [0.15, 0.2) is 0 Å². The van der Waals surface area contributed by atoms with E-state index >= 15 is 0 Å². The molecule has 1 fully saturated rings. The van der Waals surface area contributed by atoms with E-state index < -0.39 is 0 Å². The van der Waals surface area contributed by atoms with Crippen molar-refractivity contribution in [3.8, 4) is 0 Å². The Kier molecular flexibility index (Phi) is 5.20. The molecule has 26 heavy (non-hydrogen) atoms. The number of benzene rings is 1. The summed E-state index contributed by atoms with van der Waals surface area (Å²) < 4.78 is 0. The number of fused-ring (bicyclic) bond motifs is 1. The van der Waals surface area contributed by atoms with Crippen molar-refractivity contribution in [3.63, 3.8) is 0 Å². The summed E-state index contributed by atoms with van der Waals surface area (Å²) in [5.41, 5.74) is 5.55. The van der Waals surface area contributed by atoms with Crippen molar-refractivity contribution in [1.82, 2.24) is 20.4 Å². The van der Waals surface area contributed by atoms with Gasteiger partial charge in [0.2, 0.25) is 0 Å². The molecule has 1 saturated heterocycles. The van der Waals surface area contributed by atoms with E-state index in [4.69, 9.17) is 0 Å². The minimum Gasteiger partial charge on any atom is -0.332 e. The Morgan fingerprint density at radius 3 is 2.85 bits per heavy atom. The highest BCUT2D eigenvalue weighted by Crippen LogP contribution is 2.23. The maximum Gasteiger partial charge on any atom is 0.319 e. The lowest BCUT2D eigenvalue weighted by Gasteiger charge is -2.27. The summed E-state index contributed by atoms with van der Waals surface area (Å²) in [5, 5.41) is 13.4. The molecule has 0 radical (unpaired) electrons. The second-order valence-corrected chi connectivity index (χ2v) is 7.28. The number of anilines is 1. The number of rotatable bonds is 5. The van der Waals surface area contributed by atoms with Gasteiger partial charge in [0.25, 0.3) is 0 Å². The van der Waals surface area contributed by atoms with Crippen molar-refractivity contribution in [3.05, 3.63) is 46.8 Å². The quantitative estimate of drug-likeness (QED) is 0.773. The number of para-hydroxylation sites is 1. The first kappa shape index (κ1) is 17.1. The van der Waals surface area contributed by atoms with Gasteiger partial charge in [-0.3, -0.25) is 10.00 Å². The van der Waals surface area contributed by atoms with Crippen LogP contribution in [0.15, 0.2) is 24.3 Å². The molecule has 2 amide bonds. The number of carbonyl (C=O) groups is 1. The van der Waals surface area contributed by atoms with E-state index in [1.807, 2.05) is 18.2 Å². The van der Waals surface area contributed by atoms with Crippen LogP contribution >= 0.6 is 0 Å². The monoisotopic (exact) mass is 353 g/mol. The summed E-state index contributed by atoms with van der Waals surface area (Å²) in [4.78, 5) is 14.8. The van der Waals surface area contributed by atoms with Crippen molar-refractivity contribution in [2.24, 2.45) is 0 Å². The lowest BCUT2D eigenvalue weighted by atomic mass is 10.1. The fourth-order valence-corrected chi connectivity index (χ4v) is 4.00. The van der Waals surface area contributed by atoms with Crippen molar-refractivity contribution < 1.29 is 4.79 Å². The molecule has 6 nitrogen and oxygen atoms in total. The third-order valence-electron chi connectivity index (χ3n) is 5.42. The van der Waals surface area contributed by atoms with Gasteiger partial charge in [-0.25, -0.2) is 4.79 Å². The zero-order valence-corrected chi connectivity index (χ0v) is 15.2. The highest BCUT2D eigenvalue weighted by Gasteiger charge is 2.19. The Bertz CT molecular complexity index is 763. The van der Waals surface area contributed by atoms with Crippen LogP contribution in [0.25, 0.3) is 0 Å². The zero-order valence-electron chi connectivity index (χ0n) is 15.2. The van der Waals surface area contributed by atoms with Crippen LogP contribution in [0.5, 0.6) is 0 Å². The number of aromatic amines is 1. The first-order valence-electron chi connectivity index (χ1n) is 9.70. The summed E-state index contributed by atoms with van der Waals surface area (Å²) >= 11 is 0. The third-order valence-corrected chi connectivity index (χ3v) is 5.42. The van der Waals surface area contributed by atoms with Gasteiger partial charge < -0.3 is 10.6 Å². The number of carbonyl (C=O) groups excluding carboxylic acids is 1. The molecule has 2 aromatic rings. The summed E-state index contributed by atoms with van der Waals surface area (Å²) in [5.74, 6) is 0. The lowest BCUT2D eigenvalue weighted by molar-refractivity contribution is 0.221. The number of hydrogen-bond donors (Lipinski definition) is 3. The molecule has 2 aliphatic rings. The maximum absolute atomic E-state index is 12.4. The number of amides is 2. The number of piperidine rings is 1. The van der Waals surface area contributed by atoms with Crippen LogP contribution in [0.4, 0.5) is 10.5 Å². The number of urea groups is 1. The predicted octanol–water partition coefficient (Wildman–Crippen LogP) is 3.21. The summed E-state index contributed by atoms with van der Waals surface area (Å²) in [7, 11) is 0. The van der Waals surface area contributed by atoms with E-state index in [9.17, 15) is 4.79 Å². The van der Waals surface area contributed by atoms with Crippen LogP contribution in [0.3, 0.4) is 0 Å². The topological polar surface area (TPSA) is 73.0 Å². The molecule has 2 heterocycles. The first-order chi connectivity index (χ1) is 12.8. The Balaban J connectivity index is 1.35. The van der Waals surface area contributed by atoms with Gasteiger partial charge >= 0.3 is 6.03 Å². The number of likely N-dealkylation sites (tertiary alicyclic amines) is 1. The molecule has 0 saturated carbocycles. The number of aryl methyl sites for hydroxylation is 1. The van der Waals surface area contributed by atoms with Gasteiger partial charge in [-0.1, -0.05) is 24.6 Å². The minimum atomic E-state index is -0.175. The number of nitrogens with zero attached hydrogens (tertiary/aromatic N) is 2. The van der Waals surface area contributed by atoms with Gasteiger partial charge in [-0.05, 0) is 62.4 Å². The van der Waals surface area contributed by atoms with Crippen LogP contribution in [-0.4, -0.2) is 34.2 Å². The molecule has 1 aromatic carbocycles. The minimum absolute atomic E-state index is 0.175. The van der Waals surface area contributed by atoms with Crippen molar-refractivity contribution in [2.45, 2.75) is 51.6 Å². The fraction of sp³-hybridized carbons (Fsp3) is 0.500. The largest absolute Gasteiger partial charge is 0.332 e. The molecule has 1 aliphatic heterocycles. The average molecular weight is 353 g/mol. The number of nitrogens with one attached hydrogen (secondary N) is 3. The first-order valence-corrected chi connectivity index (χ1v) is 9.70. The molecule has 0 unspecified atom stereocenters. The SMILES string of the molecule is O=C(NCc1n[nH]c2c1CCC2)Nc1ccccc1CN1CCCCC1. The van der Waals surface area contributed by atoms with Gasteiger partial charge in [0, 0.05) is 17.9 Å². The Morgan fingerprint density at radius 2 is 1.96 bits per heavy atom. The Labute approximate surface area is 154 Å². The van der Waals surface area contributed by atoms with Crippen molar-refractivity contribution in [2.75, 3.05) is 18.4 Å². The molecular weight excluding hydrogens is 326 g/mol. The highest BCUT2D eigenvalue weighted by molar-refractivity contribution is 5.90. The number of hydrogen-bond acceptors (Lipinski definition) is 3.